The zero-order chi connectivity index (χ0) is 20.7. The summed E-state index contributed by atoms with van der Waals surface area (Å²) in [6, 6.07) is 15.7. The zero-order valence-electron chi connectivity index (χ0n) is 16.4. The van der Waals surface area contributed by atoms with E-state index in [1.165, 1.54) is 4.57 Å². The fourth-order valence-electron chi connectivity index (χ4n) is 3.82. The molecule has 0 aliphatic rings. The molecule has 0 fully saturated rings. The van der Waals surface area contributed by atoms with Crippen molar-refractivity contribution in [2.45, 2.75) is 26.4 Å². The average Bonchev–Trinajstić information content (AvgIpc) is 3.30. The molecule has 1 N–H and O–H groups in total. The van der Waals surface area contributed by atoms with Crippen LogP contribution in [0.5, 0.6) is 0 Å². The highest BCUT2D eigenvalue weighted by Crippen LogP contribution is 2.18. The normalized spacial score (nSPS) is 11.5. The van der Waals surface area contributed by atoms with E-state index in [0.29, 0.717) is 36.5 Å². The van der Waals surface area contributed by atoms with Gasteiger partial charge < -0.3 is 8.97 Å². The molecule has 0 atom stereocenters. The molecule has 8 heteroatoms. The molecule has 0 unspecified atom stereocenters. The van der Waals surface area contributed by atoms with E-state index in [1.807, 2.05) is 76.8 Å². The number of aromatic amines is 1. The Hall–Kier alpha value is -3.94. The fraction of sp³-hybridized carbons (Fsp3) is 0.182. The van der Waals surface area contributed by atoms with Gasteiger partial charge in [0.1, 0.15) is 11.5 Å². The van der Waals surface area contributed by atoms with Gasteiger partial charge in [0.2, 0.25) is 0 Å². The van der Waals surface area contributed by atoms with Gasteiger partial charge in [0.05, 0.1) is 5.69 Å². The summed E-state index contributed by atoms with van der Waals surface area (Å²) in [7, 11) is 0. The largest absolute Gasteiger partial charge is 0.330 e. The number of fused-ring (bicyclic) bond motifs is 2. The minimum absolute atomic E-state index is 0.402. The third-order valence-corrected chi connectivity index (χ3v) is 5.22. The number of hydrogen-bond donors (Lipinski definition) is 1. The van der Waals surface area contributed by atoms with E-state index in [2.05, 4.69) is 9.97 Å². The van der Waals surface area contributed by atoms with Crippen LogP contribution in [0.4, 0.5) is 0 Å². The number of hydrogen-bond acceptors (Lipinski definition) is 4. The van der Waals surface area contributed by atoms with Crippen LogP contribution in [0.3, 0.4) is 0 Å². The second kappa shape index (κ2) is 7.14. The summed E-state index contributed by atoms with van der Waals surface area (Å²) in [5, 5.41) is 0. The summed E-state index contributed by atoms with van der Waals surface area (Å²) in [5.41, 5.74) is 2.67. The number of H-pyrrole nitrogens is 1. The van der Waals surface area contributed by atoms with Crippen molar-refractivity contribution < 1.29 is 0 Å². The Balaban J connectivity index is 1.71. The molecule has 1 aromatic carbocycles. The molecular formula is C22H20N6O2. The lowest BCUT2D eigenvalue weighted by Gasteiger charge is -2.08. The number of aromatic nitrogens is 6. The number of rotatable bonds is 5. The van der Waals surface area contributed by atoms with Gasteiger partial charge in [-0.1, -0.05) is 36.4 Å². The molecule has 150 valence electrons. The Morgan fingerprint density at radius 1 is 0.967 bits per heavy atom. The van der Waals surface area contributed by atoms with Crippen LogP contribution >= 0.6 is 0 Å². The van der Waals surface area contributed by atoms with Gasteiger partial charge >= 0.3 is 5.69 Å². The van der Waals surface area contributed by atoms with Crippen LogP contribution in [0.1, 0.15) is 24.0 Å². The van der Waals surface area contributed by atoms with Crippen molar-refractivity contribution in [3.05, 3.63) is 98.8 Å². The molecular weight excluding hydrogens is 380 g/mol. The van der Waals surface area contributed by atoms with E-state index in [9.17, 15) is 9.59 Å². The molecule has 30 heavy (non-hydrogen) atoms. The molecule has 0 saturated carbocycles. The minimum atomic E-state index is -0.446. The van der Waals surface area contributed by atoms with Gasteiger partial charge in [-0.25, -0.2) is 14.8 Å². The van der Waals surface area contributed by atoms with Crippen LogP contribution in [-0.4, -0.2) is 28.5 Å². The maximum atomic E-state index is 12.7. The molecule has 0 aliphatic carbocycles. The molecule has 0 bridgehead atoms. The molecule has 8 nitrogen and oxygen atoms in total. The van der Waals surface area contributed by atoms with E-state index in [1.54, 1.807) is 0 Å². The first-order chi connectivity index (χ1) is 14.6. The van der Waals surface area contributed by atoms with Crippen molar-refractivity contribution in [1.29, 1.82) is 0 Å². The SMILES string of the molecule is CCn1c(=O)[nH]c(=O)c2c1nc(Cc1cn3ccccc3n1)n2Cc1ccccc1. The summed E-state index contributed by atoms with van der Waals surface area (Å²) in [5.74, 6) is 0.690. The molecule has 5 aromatic rings. The van der Waals surface area contributed by atoms with E-state index in [4.69, 9.17) is 4.98 Å². The monoisotopic (exact) mass is 400 g/mol. The first-order valence-electron chi connectivity index (χ1n) is 9.83. The van der Waals surface area contributed by atoms with Crippen molar-refractivity contribution in [2.24, 2.45) is 0 Å². The van der Waals surface area contributed by atoms with Crippen LogP contribution in [0.25, 0.3) is 16.8 Å². The Labute approximate surface area is 171 Å². The van der Waals surface area contributed by atoms with Gasteiger partial charge in [0.25, 0.3) is 5.56 Å². The van der Waals surface area contributed by atoms with Crippen LogP contribution < -0.4 is 11.2 Å². The lowest BCUT2D eigenvalue weighted by atomic mass is 10.2. The highest BCUT2D eigenvalue weighted by atomic mass is 16.2. The zero-order valence-corrected chi connectivity index (χ0v) is 16.4. The average molecular weight is 400 g/mol. The second-order valence-corrected chi connectivity index (χ2v) is 7.15. The minimum Gasteiger partial charge on any atom is -0.317 e. The molecule has 4 aromatic heterocycles. The van der Waals surface area contributed by atoms with Gasteiger partial charge in [-0.15, -0.1) is 0 Å². The number of pyridine rings is 1. The fourth-order valence-corrected chi connectivity index (χ4v) is 3.82. The summed E-state index contributed by atoms with van der Waals surface area (Å²) < 4.78 is 5.33. The summed E-state index contributed by atoms with van der Waals surface area (Å²) in [4.78, 5) is 36.8. The summed E-state index contributed by atoms with van der Waals surface area (Å²) in [6.07, 6.45) is 4.34. The number of aryl methyl sites for hydroxylation is 1. The summed E-state index contributed by atoms with van der Waals surface area (Å²) in [6.45, 7) is 2.75. The maximum absolute atomic E-state index is 12.7. The van der Waals surface area contributed by atoms with Crippen LogP contribution in [0, 0.1) is 0 Å². The predicted octanol–water partition coefficient (Wildman–Crippen LogP) is 2.19. The van der Waals surface area contributed by atoms with Crippen LogP contribution in [0.2, 0.25) is 0 Å². The maximum Gasteiger partial charge on any atom is 0.330 e. The third-order valence-electron chi connectivity index (χ3n) is 5.22. The Kier molecular flexibility index (Phi) is 4.31. The van der Waals surface area contributed by atoms with Crippen LogP contribution in [0.15, 0.2) is 70.5 Å². The highest BCUT2D eigenvalue weighted by Gasteiger charge is 2.19. The number of benzene rings is 1. The first-order valence-corrected chi connectivity index (χ1v) is 9.83. The van der Waals surface area contributed by atoms with Crippen molar-refractivity contribution in [1.82, 2.24) is 28.5 Å². The van der Waals surface area contributed by atoms with Gasteiger partial charge in [0, 0.05) is 31.9 Å². The van der Waals surface area contributed by atoms with E-state index in [0.717, 1.165) is 16.9 Å². The Morgan fingerprint density at radius 2 is 1.77 bits per heavy atom. The van der Waals surface area contributed by atoms with Gasteiger partial charge in [0.15, 0.2) is 11.2 Å². The molecule has 0 spiro atoms. The topological polar surface area (TPSA) is 90.0 Å². The highest BCUT2D eigenvalue weighted by molar-refractivity contribution is 5.71. The second-order valence-electron chi connectivity index (χ2n) is 7.15. The standard InChI is InChI=1S/C22H20N6O2/c1-2-27-20-19(21(29)25-22(27)30)28(13-15-8-4-3-5-9-15)18(24-20)12-16-14-26-11-7-6-10-17(26)23-16/h3-11,14H,2,12-13H2,1H3,(H,25,29,30). The van der Waals surface area contributed by atoms with Crippen LogP contribution in [-0.2, 0) is 19.5 Å². The van der Waals surface area contributed by atoms with Crippen molar-refractivity contribution in [2.75, 3.05) is 0 Å². The Bertz CT molecular complexity index is 1440. The molecule has 0 aliphatic heterocycles. The molecule has 0 amide bonds. The molecule has 4 heterocycles. The van der Waals surface area contributed by atoms with Gasteiger partial charge in [-0.05, 0) is 24.6 Å². The lowest BCUT2D eigenvalue weighted by Crippen LogP contribution is -2.30. The van der Waals surface area contributed by atoms with E-state index >= 15 is 0 Å². The molecule has 0 saturated heterocycles. The lowest BCUT2D eigenvalue weighted by molar-refractivity contribution is 0.717. The molecule has 5 rings (SSSR count). The van der Waals surface area contributed by atoms with E-state index < -0.39 is 11.2 Å². The molecule has 0 radical (unpaired) electrons. The van der Waals surface area contributed by atoms with Gasteiger partial charge in [-0.3, -0.25) is 14.3 Å². The third kappa shape index (κ3) is 3.02. The Morgan fingerprint density at radius 3 is 2.53 bits per heavy atom. The predicted molar refractivity (Wildman–Crippen MR) is 114 cm³/mol. The van der Waals surface area contributed by atoms with Crippen molar-refractivity contribution >= 4 is 16.8 Å². The first kappa shape index (κ1) is 18.1. The van der Waals surface area contributed by atoms with Crippen molar-refractivity contribution in [3.8, 4) is 0 Å². The van der Waals surface area contributed by atoms with Crippen molar-refractivity contribution in [3.63, 3.8) is 0 Å². The van der Waals surface area contributed by atoms with Gasteiger partial charge in [-0.2, -0.15) is 0 Å². The number of imidazole rings is 2. The summed E-state index contributed by atoms with van der Waals surface area (Å²) >= 11 is 0. The number of nitrogens with one attached hydrogen (secondary N) is 1. The van der Waals surface area contributed by atoms with E-state index in [-0.39, 0.29) is 0 Å². The quantitative estimate of drug-likeness (QED) is 0.490. The smallest absolute Gasteiger partial charge is 0.317 e. The number of nitrogens with zero attached hydrogens (tertiary/aromatic N) is 5.